The Labute approximate surface area is 167 Å². The van der Waals surface area contributed by atoms with Gasteiger partial charge in [0.2, 0.25) is 0 Å². The van der Waals surface area contributed by atoms with Crippen molar-refractivity contribution in [1.29, 1.82) is 0 Å². The van der Waals surface area contributed by atoms with Crippen LogP contribution in [0, 0.1) is 6.92 Å². The minimum atomic E-state index is 0.251. The zero-order valence-corrected chi connectivity index (χ0v) is 16.7. The third kappa shape index (κ3) is 7.90. The van der Waals surface area contributed by atoms with E-state index in [1.54, 1.807) is 30.6 Å². The number of nitrogens with zero attached hydrogens (tertiary/aromatic N) is 3. The first-order chi connectivity index (χ1) is 13.6. The van der Waals surface area contributed by atoms with Gasteiger partial charge in [-0.25, -0.2) is 0 Å². The summed E-state index contributed by atoms with van der Waals surface area (Å²) in [7, 11) is 2.07. The third-order valence-corrected chi connectivity index (χ3v) is 4.28. The number of phenolic OH excluding ortho intramolecular Hbond substituents is 2. The molecule has 0 aromatic heterocycles. The second kappa shape index (κ2) is 11.9. The summed E-state index contributed by atoms with van der Waals surface area (Å²) in [5.74, 6) is 0.512. The van der Waals surface area contributed by atoms with Crippen LogP contribution in [0.2, 0.25) is 0 Å². The summed E-state index contributed by atoms with van der Waals surface area (Å²) in [5, 5.41) is 22.8. The summed E-state index contributed by atoms with van der Waals surface area (Å²) < 4.78 is 0. The zero-order chi connectivity index (χ0) is 20.2. The molecule has 0 saturated carbocycles. The van der Waals surface area contributed by atoms with Gasteiger partial charge in [0.05, 0.1) is 13.1 Å². The van der Waals surface area contributed by atoms with Gasteiger partial charge in [0.1, 0.15) is 11.5 Å². The molecule has 28 heavy (non-hydrogen) atoms. The second-order valence-electron chi connectivity index (χ2n) is 6.74. The largest absolute Gasteiger partial charge is 0.507 e. The number of likely N-dealkylation sites (N-methyl/N-ethyl adjacent to an activating group) is 1. The van der Waals surface area contributed by atoms with Crippen LogP contribution in [0.15, 0.2) is 52.4 Å². The van der Waals surface area contributed by atoms with Gasteiger partial charge in [-0.3, -0.25) is 9.98 Å². The Bertz CT molecular complexity index is 790. The lowest BCUT2D eigenvalue weighted by Gasteiger charge is -2.15. The average Bonchev–Trinajstić information content (AvgIpc) is 2.68. The number of hydrogen-bond acceptors (Lipinski definition) is 6. The first kappa shape index (κ1) is 21.6. The number of hydrogen-bond donors (Lipinski definition) is 3. The molecule has 2 aromatic carbocycles. The molecule has 6 heteroatoms. The molecule has 0 fully saturated rings. The lowest BCUT2D eigenvalue weighted by Crippen LogP contribution is -2.32. The molecule has 0 unspecified atom stereocenters. The van der Waals surface area contributed by atoms with Crippen LogP contribution in [0.5, 0.6) is 11.5 Å². The zero-order valence-electron chi connectivity index (χ0n) is 16.7. The average molecular weight is 383 g/mol. The lowest BCUT2D eigenvalue weighted by atomic mass is 10.1. The fourth-order valence-corrected chi connectivity index (χ4v) is 2.58. The number of aliphatic imine (C=N–C) groups is 2. The fourth-order valence-electron chi connectivity index (χ4n) is 2.58. The molecule has 0 aliphatic heterocycles. The van der Waals surface area contributed by atoms with Gasteiger partial charge in [0.15, 0.2) is 0 Å². The summed E-state index contributed by atoms with van der Waals surface area (Å²) >= 11 is 0. The molecule has 0 aliphatic rings. The molecule has 3 N–H and O–H groups in total. The first-order valence-electron chi connectivity index (χ1n) is 9.53. The number of benzene rings is 2. The van der Waals surface area contributed by atoms with Gasteiger partial charge in [-0.1, -0.05) is 23.8 Å². The van der Waals surface area contributed by atoms with Crippen LogP contribution in [0.4, 0.5) is 0 Å². The van der Waals surface area contributed by atoms with E-state index in [4.69, 9.17) is 0 Å². The van der Waals surface area contributed by atoms with Gasteiger partial charge in [0, 0.05) is 49.7 Å². The minimum Gasteiger partial charge on any atom is -0.507 e. The van der Waals surface area contributed by atoms with Crippen molar-refractivity contribution in [3.63, 3.8) is 0 Å². The van der Waals surface area contributed by atoms with Crippen molar-refractivity contribution in [2.75, 3.05) is 46.3 Å². The van der Waals surface area contributed by atoms with Crippen molar-refractivity contribution in [1.82, 2.24) is 10.2 Å². The topological polar surface area (TPSA) is 80.5 Å². The predicted molar refractivity (Wildman–Crippen MR) is 116 cm³/mol. The summed E-state index contributed by atoms with van der Waals surface area (Å²) in [4.78, 5) is 10.9. The van der Waals surface area contributed by atoms with Crippen molar-refractivity contribution < 1.29 is 10.2 Å². The molecule has 2 rings (SSSR count). The fraction of sp³-hybridized carbons (Fsp3) is 0.364. The van der Waals surface area contributed by atoms with Crippen molar-refractivity contribution in [2.45, 2.75) is 6.92 Å². The highest BCUT2D eigenvalue weighted by molar-refractivity contribution is 5.83. The molecule has 150 valence electrons. The van der Waals surface area contributed by atoms with Crippen LogP contribution in [0.25, 0.3) is 0 Å². The van der Waals surface area contributed by atoms with E-state index in [2.05, 4.69) is 27.2 Å². The standard InChI is InChI=1S/C22H30N4O2/c1-18-7-8-22(28)20(15-18)17-25-12-14-26(2)13-11-23-9-10-24-16-19-5-3-4-6-21(19)27/h3-8,15-17,23,27-28H,9-14H2,1-2H3/b24-16-,25-17-. The second-order valence-corrected chi connectivity index (χ2v) is 6.74. The number of nitrogens with one attached hydrogen (secondary N) is 1. The quantitative estimate of drug-likeness (QED) is 0.412. The van der Waals surface area contributed by atoms with Crippen LogP contribution in [-0.2, 0) is 0 Å². The Balaban J connectivity index is 1.55. The Morgan fingerprint density at radius 1 is 0.893 bits per heavy atom. The number of phenols is 2. The molecule has 0 amide bonds. The van der Waals surface area contributed by atoms with Gasteiger partial charge in [0.25, 0.3) is 0 Å². The van der Waals surface area contributed by atoms with E-state index < -0.39 is 0 Å². The molecule has 0 atom stereocenters. The van der Waals surface area contributed by atoms with Gasteiger partial charge < -0.3 is 20.4 Å². The Morgan fingerprint density at radius 3 is 2.43 bits per heavy atom. The summed E-state index contributed by atoms with van der Waals surface area (Å²) in [6.07, 6.45) is 3.43. The minimum absolute atomic E-state index is 0.251. The van der Waals surface area contributed by atoms with Crippen molar-refractivity contribution in [3.05, 3.63) is 59.2 Å². The Morgan fingerprint density at radius 2 is 1.61 bits per heavy atom. The van der Waals surface area contributed by atoms with Gasteiger partial charge >= 0.3 is 0 Å². The van der Waals surface area contributed by atoms with Gasteiger partial charge in [-0.15, -0.1) is 0 Å². The molecular formula is C22H30N4O2. The molecule has 0 spiro atoms. The summed E-state index contributed by atoms with van der Waals surface area (Å²) in [5.41, 5.74) is 2.60. The SMILES string of the molecule is Cc1ccc(O)c(/C=N\CCN(C)CCNCC/N=C\c2ccccc2O)c1. The van der Waals surface area contributed by atoms with Crippen molar-refractivity contribution >= 4 is 12.4 Å². The molecule has 2 aromatic rings. The van der Waals surface area contributed by atoms with Crippen molar-refractivity contribution in [3.8, 4) is 11.5 Å². The highest BCUT2D eigenvalue weighted by Gasteiger charge is 1.99. The van der Waals surface area contributed by atoms with Crippen LogP contribution in [0.1, 0.15) is 16.7 Å². The van der Waals surface area contributed by atoms with Crippen LogP contribution >= 0.6 is 0 Å². The lowest BCUT2D eigenvalue weighted by molar-refractivity contribution is 0.341. The van der Waals surface area contributed by atoms with E-state index in [0.717, 1.165) is 42.9 Å². The predicted octanol–water partition coefficient (Wildman–Crippen LogP) is 2.47. The molecule has 0 saturated heterocycles. The summed E-state index contributed by atoms with van der Waals surface area (Å²) in [6, 6.07) is 12.7. The third-order valence-electron chi connectivity index (χ3n) is 4.28. The van der Waals surface area contributed by atoms with E-state index in [1.807, 2.05) is 31.2 Å². The van der Waals surface area contributed by atoms with Crippen LogP contribution < -0.4 is 5.32 Å². The molecule has 0 heterocycles. The van der Waals surface area contributed by atoms with E-state index >= 15 is 0 Å². The maximum Gasteiger partial charge on any atom is 0.124 e. The number of aromatic hydroxyl groups is 2. The number of para-hydroxylation sites is 1. The highest BCUT2D eigenvalue weighted by atomic mass is 16.3. The maximum absolute atomic E-state index is 9.79. The Hall–Kier alpha value is -2.70. The molecule has 0 radical (unpaired) electrons. The number of rotatable bonds is 11. The maximum atomic E-state index is 9.79. The van der Waals surface area contributed by atoms with E-state index in [1.165, 1.54) is 0 Å². The molecular weight excluding hydrogens is 352 g/mol. The first-order valence-corrected chi connectivity index (χ1v) is 9.53. The molecule has 6 nitrogen and oxygen atoms in total. The van der Waals surface area contributed by atoms with Gasteiger partial charge in [-0.2, -0.15) is 0 Å². The normalized spacial score (nSPS) is 11.8. The van der Waals surface area contributed by atoms with Gasteiger partial charge in [-0.05, 0) is 38.2 Å². The Kier molecular flexibility index (Phi) is 9.18. The number of aryl methyl sites for hydroxylation is 1. The van der Waals surface area contributed by atoms with Crippen LogP contribution in [0.3, 0.4) is 0 Å². The summed E-state index contributed by atoms with van der Waals surface area (Å²) in [6.45, 7) is 6.81. The monoisotopic (exact) mass is 382 g/mol. The smallest absolute Gasteiger partial charge is 0.124 e. The molecule has 0 bridgehead atoms. The highest BCUT2D eigenvalue weighted by Crippen LogP contribution is 2.15. The van der Waals surface area contributed by atoms with Crippen LogP contribution in [-0.4, -0.2) is 73.9 Å². The van der Waals surface area contributed by atoms with Crippen molar-refractivity contribution in [2.24, 2.45) is 9.98 Å². The van der Waals surface area contributed by atoms with E-state index in [-0.39, 0.29) is 11.5 Å². The van der Waals surface area contributed by atoms with E-state index in [9.17, 15) is 10.2 Å². The van der Waals surface area contributed by atoms with E-state index in [0.29, 0.717) is 13.1 Å². The molecule has 0 aliphatic carbocycles.